The van der Waals surface area contributed by atoms with Crippen LogP contribution >= 0.6 is 11.6 Å². The van der Waals surface area contributed by atoms with Gasteiger partial charge in [0.25, 0.3) is 0 Å². The molecule has 0 radical (unpaired) electrons. The van der Waals surface area contributed by atoms with Crippen molar-refractivity contribution in [2.45, 2.75) is 20.0 Å². The van der Waals surface area contributed by atoms with Crippen LogP contribution in [0.3, 0.4) is 0 Å². The lowest BCUT2D eigenvalue weighted by atomic mass is 10.3. The molecule has 60 valence electrons. The summed E-state index contributed by atoms with van der Waals surface area (Å²) in [5.74, 6) is 0.362. The molecule has 1 unspecified atom stereocenters. The van der Waals surface area contributed by atoms with E-state index in [1.807, 2.05) is 6.92 Å². The van der Waals surface area contributed by atoms with Crippen LogP contribution in [-0.4, -0.2) is 15.1 Å². The summed E-state index contributed by atoms with van der Waals surface area (Å²) < 4.78 is 0. The van der Waals surface area contributed by atoms with Gasteiger partial charge in [0.2, 0.25) is 0 Å². The first kappa shape index (κ1) is 8.43. The van der Waals surface area contributed by atoms with Gasteiger partial charge in [-0.3, -0.25) is 0 Å². The molecule has 0 aliphatic heterocycles. The van der Waals surface area contributed by atoms with E-state index >= 15 is 0 Å². The number of aliphatic hydroxyl groups is 1. The largest absolute Gasteiger partial charge is 0.385 e. The van der Waals surface area contributed by atoms with Gasteiger partial charge < -0.3 is 5.11 Å². The van der Waals surface area contributed by atoms with Gasteiger partial charge in [0, 0.05) is 11.8 Å². The summed E-state index contributed by atoms with van der Waals surface area (Å²) >= 11 is 5.70. The standard InChI is InChI=1S/C7H9ClN2O/c1-4-3-9-7(5(2)11)10-6(4)8/h3,5,11H,1-2H3. The first-order chi connectivity index (χ1) is 5.11. The van der Waals surface area contributed by atoms with Gasteiger partial charge in [0.05, 0.1) is 0 Å². The molecule has 1 aromatic rings. The molecule has 0 aliphatic rings. The molecule has 11 heavy (non-hydrogen) atoms. The first-order valence-electron chi connectivity index (χ1n) is 3.28. The van der Waals surface area contributed by atoms with Crippen molar-refractivity contribution in [3.63, 3.8) is 0 Å². The maximum atomic E-state index is 9.06. The van der Waals surface area contributed by atoms with Gasteiger partial charge in [-0.15, -0.1) is 0 Å². The summed E-state index contributed by atoms with van der Waals surface area (Å²) in [6, 6.07) is 0. The van der Waals surface area contributed by atoms with E-state index in [4.69, 9.17) is 16.7 Å². The molecule has 1 heterocycles. The number of hydrogen-bond donors (Lipinski definition) is 1. The molecule has 4 heteroatoms. The van der Waals surface area contributed by atoms with Crippen molar-refractivity contribution in [3.05, 3.63) is 22.7 Å². The van der Waals surface area contributed by atoms with Crippen LogP contribution in [0, 0.1) is 6.92 Å². The van der Waals surface area contributed by atoms with Gasteiger partial charge in [-0.2, -0.15) is 0 Å². The van der Waals surface area contributed by atoms with Crippen LogP contribution in [0.2, 0.25) is 5.15 Å². The summed E-state index contributed by atoms with van der Waals surface area (Å²) in [6.07, 6.45) is 0.935. The van der Waals surface area contributed by atoms with Gasteiger partial charge in [0.1, 0.15) is 11.3 Å². The van der Waals surface area contributed by atoms with E-state index < -0.39 is 6.10 Å². The second-order valence-corrected chi connectivity index (χ2v) is 2.74. The fourth-order valence-electron chi connectivity index (χ4n) is 0.635. The molecule has 0 saturated heterocycles. The molecule has 1 rings (SSSR count). The van der Waals surface area contributed by atoms with Crippen molar-refractivity contribution in [1.82, 2.24) is 9.97 Å². The number of nitrogens with zero attached hydrogens (tertiary/aromatic N) is 2. The van der Waals surface area contributed by atoms with E-state index in [2.05, 4.69) is 9.97 Å². The SMILES string of the molecule is Cc1cnc(C(C)O)nc1Cl. The maximum Gasteiger partial charge on any atom is 0.158 e. The molecule has 1 atom stereocenters. The lowest BCUT2D eigenvalue weighted by Gasteiger charge is -2.03. The smallest absolute Gasteiger partial charge is 0.158 e. The highest BCUT2D eigenvalue weighted by Gasteiger charge is 2.05. The second kappa shape index (κ2) is 3.15. The molecule has 0 aliphatic carbocycles. The predicted molar refractivity (Wildman–Crippen MR) is 42.4 cm³/mol. The fourth-order valence-corrected chi connectivity index (χ4v) is 0.771. The molecular formula is C7H9ClN2O. The average molecular weight is 173 g/mol. The topological polar surface area (TPSA) is 46.0 Å². The van der Waals surface area contributed by atoms with E-state index in [1.165, 1.54) is 0 Å². The Morgan fingerprint density at radius 3 is 2.73 bits per heavy atom. The van der Waals surface area contributed by atoms with Crippen LogP contribution in [0.15, 0.2) is 6.20 Å². The van der Waals surface area contributed by atoms with Crippen molar-refractivity contribution >= 4 is 11.6 Å². The van der Waals surface area contributed by atoms with Crippen molar-refractivity contribution in [2.24, 2.45) is 0 Å². The molecule has 0 bridgehead atoms. The van der Waals surface area contributed by atoms with Gasteiger partial charge in [-0.1, -0.05) is 11.6 Å². The number of rotatable bonds is 1. The van der Waals surface area contributed by atoms with Crippen LogP contribution in [0.1, 0.15) is 24.4 Å². The predicted octanol–water partition coefficient (Wildman–Crippen LogP) is 1.49. The van der Waals surface area contributed by atoms with E-state index in [-0.39, 0.29) is 0 Å². The van der Waals surface area contributed by atoms with Gasteiger partial charge >= 0.3 is 0 Å². The van der Waals surface area contributed by atoms with Crippen LogP contribution in [0.5, 0.6) is 0 Å². The lowest BCUT2D eigenvalue weighted by Crippen LogP contribution is -2.00. The van der Waals surface area contributed by atoms with Crippen molar-refractivity contribution in [1.29, 1.82) is 0 Å². The Labute approximate surface area is 70.1 Å². The molecular weight excluding hydrogens is 164 g/mol. The average Bonchev–Trinajstić information content (AvgIpc) is 1.94. The summed E-state index contributed by atoms with van der Waals surface area (Å²) in [7, 11) is 0. The van der Waals surface area contributed by atoms with Gasteiger partial charge in [-0.05, 0) is 13.8 Å². The number of aromatic nitrogens is 2. The minimum Gasteiger partial charge on any atom is -0.385 e. The molecule has 1 aromatic heterocycles. The minimum absolute atomic E-state index is 0.362. The van der Waals surface area contributed by atoms with Crippen LogP contribution in [0.4, 0.5) is 0 Å². The molecule has 0 spiro atoms. The quantitative estimate of drug-likeness (QED) is 0.653. The highest BCUT2D eigenvalue weighted by atomic mass is 35.5. The summed E-state index contributed by atoms with van der Waals surface area (Å²) in [5, 5.41) is 9.45. The number of hydrogen-bond acceptors (Lipinski definition) is 3. The zero-order chi connectivity index (χ0) is 8.43. The van der Waals surface area contributed by atoms with E-state index in [9.17, 15) is 0 Å². The van der Waals surface area contributed by atoms with E-state index in [1.54, 1.807) is 13.1 Å². The highest BCUT2D eigenvalue weighted by Crippen LogP contribution is 2.13. The Morgan fingerprint density at radius 1 is 1.64 bits per heavy atom. The molecule has 0 aromatic carbocycles. The second-order valence-electron chi connectivity index (χ2n) is 2.38. The first-order valence-corrected chi connectivity index (χ1v) is 3.66. The van der Waals surface area contributed by atoms with Gasteiger partial charge in [-0.25, -0.2) is 9.97 Å². The van der Waals surface area contributed by atoms with Crippen molar-refractivity contribution in [2.75, 3.05) is 0 Å². The summed E-state index contributed by atoms with van der Waals surface area (Å²) in [5.41, 5.74) is 0.816. The Kier molecular flexibility index (Phi) is 2.42. The molecule has 1 N–H and O–H groups in total. The highest BCUT2D eigenvalue weighted by molar-refractivity contribution is 6.30. The zero-order valence-corrected chi connectivity index (χ0v) is 7.13. The Hall–Kier alpha value is -0.670. The Balaban J connectivity index is 3.05. The van der Waals surface area contributed by atoms with Crippen molar-refractivity contribution < 1.29 is 5.11 Å². The zero-order valence-electron chi connectivity index (χ0n) is 6.37. The molecule has 0 saturated carbocycles. The third-order valence-electron chi connectivity index (χ3n) is 1.30. The molecule has 0 amide bonds. The third kappa shape index (κ3) is 1.88. The number of halogens is 1. The summed E-state index contributed by atoms with van der Waals surface area (Å²) in [4.78, 5) is 7.77. The molecule has 3 nitrogen and oxygen atoms in total. The lowest BCUT2D eigenvalue weighted by molar-refractivity contribution is 0.189. The Bertz CT molecular complexity index is 263. The van der Waals surface area contributed by atoms with Crippen LogP contribution in [-0.2, 0) is 0 Å². The Morgan fingerprint density at radius 2 is 2.27 bits per heavy atom. The van der Waals surface area contributed by atoms with E-state index in [0.717, 1.165) is 5.56 Å². The van der Waals surface area contributed by atoms with E-state index in [0.29, 0.717) is 11.0 Å². The van der Waals surface area contributed by atoms with Crippen LogP contribution in [0.25, 0.3) is 0 Å². The number of aryl methyl sites for hydroxylation is 1. The maximum absolute atomic E-state index is 9.06. The number of aliphatic hydroxyl groups excluding tert-OH is 1. The van der Waals surface area contributed by atoms with Gasteiger partial charge in [0.15, 0.2) is 5.82 Å². The minimum atomic E-state index is -0.659. The molecule has 0 fully saturated rings. The normalized spacial score (nSPS) is 13.1. The van der Waals surface area contributed by atoms with Crippen LogP contribution < -0.4 is 0 Å². The van der Waals surface area contributed by atoms with Crippen molar-refractivity contribution in [3.8, 4) is 0 Å². The third-order valence-corrected chi connectivity index (χ3v) is 1.68. The summed E-state index contributed by atoms with van der Waals surface area (Å²) in [6.45, 7) is 3.41. The monoisotopic (exact) mass is 172 g/mol. The fraction of sp³-hybridized carbons (Fsp3) is 0.429.